The average molecular weight is 434 g/mol. The molecule has 1 fully saturated rings. The van der Waals surface area contributed by atoms with Crippen molar-refractivity contribution in [3.8, 4) is 5.75 Å². The lowest BCUT2D eigenvalue weighted by Gasteiger charge is -2.18. The molecule has 0 aliphatic carbocycles. The highest BCUT2D eigenvalue weighted by Gasteiger charge is 2.46. The number of aliphatic hydroxyl groups excluding tert-OH is 2. The highest BCUT2D eigenvalue weighted by atomic mass is 31.3. The van der Waals surface area contributed by atoms with Gasteiger partial charge in [0.1, 0.15) is 18.3 Å². The Bertz CT molecular complexity index is 890. The Hall–Kier alpha value is -1.38. The molecule has 1 aliphatic heterocycles. The number of methoxy groups -OCH3 is 1. The number of phosphoric ester groups is 1. The number of ether oxygens (including phenoxy) is 2. The van der Waals surface area contributed by atoms with Gasteiger partial charge in [-0.3, -0.25) is 18.9 Å². The summed E-state index contributed by atoms with van der Waals surface area (Å²) in [5.74, 6) is -0.297. The Morgan fingerprint density at radius 2 is 1.85 bits per heavy atom. The number of nitrogens with one attached hydrogen (secondary N) is 1. The van der Waals surface area contributed by atoms with E-state index in [2.05, 4.69) is 8.83 Å². The van der Waals surface area contributed by atoms with Crippen LogP contribution in [0.2, 0.25) is 0 Å². The molecule has 0 saturated carbocycles. The molecule has 6 N–H and O–H groups in total. The Labute approximate surface area is 149 Å². The molecule has 2 rings (SSSR count). The summed E-state index contributed by atoms with van der Waals surface area (Å²) in [6.45, 7) is -0.933. The summed E-state index contributed by atoms with van der Waals surface area (Å²) in [5, 5.41) is 20.0. The minimum Gasteiger partial charge on any atom is -0.490 e. The summed E-state index contributed by atoms with van der Waals surface area (Å²) in [5.41, 5.74) is -1.85. The van der Waals surface area contributed by atoms with Crippen LogP contribution in [0.1, 0.15) is 6.23 Å². The highest BCUT2D eigenvalue weighted by molar-refractivity contribution is 7.60. The number of aliphatic hydroxyl groups is 2. The van der Waals surface area contributed by atoms with Crippen LogP contribution < -0.4 is 16.0 Å². The van der Waals surface area contributed by atoms with Gasteiger partial charge in [0.15, 0.2) is 6.23 Å². The Kier molecular flexibility index (Phi) is 6.44. The molecule has 2 heterocycles. The zero-order valence-corrected chi connectivity index (χ0v) is 15.2. The number of hydrogen-bond donors (Lipinski definition) is 6. The van der Waals surface area contributed by atoms with E-state index >= 15 is 0 Å². The van der Waals surface area contributed by atoms with Gasteiger partial charge in [-0.2, -0.15) is 4.31 Å². The van der Waals surface area contributed by atoms with E-state index < -0.39 is 58.0 Å². The predicted molar refractivity (Wildman–Crippen MR) is 82.7 cm³/mol. The molecule has 1 aliphatic rings. The smallest absolute Gasteiger partial charge is 0.481 e. The van der Waals surface area contributed by atoms with E-state index in [0.29, 0.717) is 4.57 Å². The minimum absolute atomic E-state index is 0.297. The number of hydrogen-bond acceptors (Lipinski definition) is 10. The van der Waals surface area contributed by atoms with Gasteiger partial charge in [-0.1, -0.05) is 0 Å². The zero-order valence-electron chi connectivity index (χ0n) is 13.4. The summed E-state index contributed by atoms with van der Waals surface area (Å²) in [7, 11) is -9.40. The predicted octanol–water partition coefficient (Wildman–Crippen LogP) is -2.61. The van der Waals surface area contributed by atoms with Crippen molar-refractivity contribution in [3.63, 3.8) is 0 Å². The summed E-state index contributed by atoms with van der Waals surface area (Å²) in [6, 6.07) is 0. The van der Waals surface area contributed by atoms with Crippen molar-refractivity contribution in [2.75, 3.05) is 13.7 Å². The molecule has 1 aromatic heterocycles. The monoisotopic (exact) mass is 434 g/mol. The van der Waals surface area contributed by atoms with Gasteiger partial charge in [0.2, 0.25) is 5.75 Å². The molecule has 0 radical (unpaired) electrons. The molecule has 5 atom stereocenters. The summed E-state index contributed by atoms with van der Waals surface area (Å²) in [6.07, 6.45) is -5.57. The molecule has 1 unspecified atom stereocenters. The molecular formula is C10H16N2O13P2. The van der Waals surface area contributed by atoms with E-state index in [-0.39, 0.29) is 5.75 Å². The number of phosphoric acid groups is 2. The molecular weight excluding hydrogens is 418 g/mol. The first-order chi connectivity index (χ1) is 12.3. The lowest BCUT2D eigenvalue weighted by atomic mass is 10.1. The second-order valence-electron chi connectivity index (χ2n) is 5.25. The van der Waals surface area contributed by atoms with Crippen LogP contribution in [0.4, 0.5) is 0 Å². The standard InChI is InChI=1S/C10H16N2O13P2/c1-22-4-2-12(10(16)11-8(4)15)9-7(14)6(13)5(24-9)3-23-27(20,21)25-26(17,18)19/h2,5-7,9,13-14H,3H2,1H3,(H,20,21)(H,11,15,16)(H2,17,18,19)/t5-,6-,7-,9-/m1/s1. The number of aromatic amines is 1. The fourth-order valence-electron chi connectivity index (χ4n) is 2.22. The van der Waals surface area contributed by atoms with Crippen molar-refractivity contribution in [3.05, 3.63) is 27.0 Å². The third-order valence-corrected chi connectivity index (χ3v) is 5.53. The quantitative estimate of drug-likeness (QED) is 0.242. The fourth-order valence-corrected chi connectivity index (χ4v) is 3.82. The Balaban J connectivity index is 2.17. The molecule has 17 heteroatoms. The maximum Gasteiger partial charge on any atom is 0.481 e. The molecule has 1 saturated heterocycles. The van der Waals surface area contributed by atoms with Gasteiger partial charge in [0, 0.05) is 0 Å². The van der Waals surface area contributed by atoms with Crippen LogP contribution in [-0.2, 0) is 22.7 Å². The molecule has 0 spiro atoms. The minimum atomic E-state index is -5.34. The second kappa shape index (κ2) is 7.93. The molecule has 154 valence electrons. The van der Waals surface area contributed by atoms with Gasteiger partial charge in [0.05, 0.1) is 19.9 Å². The van der Waals surface area contributed by atoms with Gasteiger partial charge in [0.25, 0.3) is 5.56 Å². The third-order valence-electron chi connectivity index (χ3n) is 3.38. The van der Waals surface area contributed by atoms with Crippen LogP contribution >= 0.6 is 15.6 Å². The van der Waals surface area contributed by atoms with Crippen molar-refractivity contribution in [1.29, 1.82) is 0 Å². The largest absolute Gasteiger partial charge is 0.490 e. The Morgan fingerprint density at radius 1 is 1.22 bits per heavy atom. The number of aromatic nitrogens is 2. The molecule has 27 heavy (non-hydrogen) atoms. The van der Waals surface area contributed by atoms with Crippen molar-refractivity contribution < 1.29 is 52.3 Å². The first kappa shape index (κ1) is 21.9. The first-order valence-corrected chi connectivity index (χ1v) is 10.0. The van der Waals surface area contributed by atoms with Crippen molar-refractivity contribution in [2.24, 2.45) is 0 Å². The van der Waals surface area contributed by atoms with Gasteiger partial charge in [-0.05, 0) is 0 Å². The number of nitrogens with zero attached hydrogens (tertiary/aromatic N) is 1. The highest BCUT2D eigenvalue weighted by Crippen LogP contribution is 2.57. The number of H-pyrrole nitrogens is 1. The van der Waals surface area contributed by atoms with Crippen LogP contribution in [0.5, 0.6) is 5.75 Å². The van der Waals surface area contributed by atoms with E-state index in [0.717, 1.165) is 13.3 Å². The van der Waals surface area contributed by atoms with E-state index in [1.807, 2.05) is 4.98 Å². The zero-order chi connectivity index (χ0) is 20.6. The summed E-state index contributed by atoms with van der Waals surface area (Å²) < 4.78 is 40.5. The Morgan fingerprint density at radius 3 is 2.41 bits per heavy atom. The SMILES string of the molecule is COc1cn([C@@H]2O[C@H](COP(=O)(O)OP(=O)(O)O)[C@@H](O)[C@H]2O)c(=O)[nH]c1=O. The summed E-state index contributed by atoms with van der Waals surface area (Å²) >= 11 is 0. The van der Waals surface area contributed by atoms with Crippen molar-refractivity contribution in [2.45, 2.75) is 24.5 Å². The third kappa shape index (κ3) is 5.33. The average Bonchev–Trinajstić information content (AvgIpc) is 2.79. The maximum absolute atomic E-state index is 11.9. The van der Waals surface area contributed by atoms with E-state index in [1.165, 1.54) is 0 Å². The lowest BCUT2D eigenvalue weighted by molar-refractivity contribution is -0.0544. The normalized spacial score (nSPS) is 28.1. The van der Waals surface area contributed by atoms with Crippen LogP contribution in [0, 0.1) is 0 Å². The first-order valence-electron chi connectivity index (χ1n) is 7.00. The molecule has 15 nitrogen and oxygen atoms in total. The molecule has 0 bridgehead atoms. The van der Waals surface area contributed by atoms with Crippen LogP contribution in [0.25, 0.3) is 0 Å². The lowest BCUT2D eigenvalue weighted by Crippen LogP contribution is -2.38. The van der Waals surface area contributed by atoms with Crippen LogP contribution in [-0.4, -0.2) is 66.5 Å². The van der Waals surface area contributed by atoms with Gasteiger partial charge in [-0.15, -0.1) is 0 Å². The molecule has 1 aromatic rings. The molecule has 0 aromatic carbocycles. The number of rotatable bonds is 7. The van der Waals surface area contributed by atoms with Gasteiger partial charge >= 0.3 is 21.3 Å². The summed E-state index contributed by atoms with van der Waals surface area (Å²) in [4.78, 5) is 51.5. The van der Waals surface area contributed by atoms with Crippen LogP contribution in [0.3, 0.4) is 0 Å². The molecule has 0 amide bonds. The topological polar surface area (TPSA) is 227 Å². The van der Waals surface area contributed by atoms with E-state index in [4.69, 9.17) is 19.3 Å². The van der Waals surface area contributed by atoms with Crippen molar-refractivity contribution in [1.82, 2.24) is 9.55 Å². The van der Waals surface area contributed by atoms with E-state index in [9.17, 15) is 33.8 Å². The fraction of sp³-hybridized carbons (Fsp3) is 0.600. The van der Waals surface area contributed by atoms with Gasteiger partial charge < -0.3 is 34.4 Å². The maximum atomic E-state index is 11.9. The van der Waals surface area contributed by atoms with Gasteiger partial charge in [-0.25, -0.2) is 13.9 Å². The second-order valence-corrected chi connectivity index (χ2v) is 8.08. The van der Waals surface area contributed by atoms with E-state index in [1.54, 1.807) is 0 Å². The van der Waals surface area contributed by atoms with Crippen molar-refractivity contribution >= 4 is 15.6 Å². The van der Waals surface area contributed by atoms with Crippen LogP contribution in [0.15, 0.2) is 15.8 Å².